The molecule has 0 fully saturated rings. The summed E-state index contributed by atoms with van der Waals surface area (Å²) in [5.41, 5.74) is 5.20. The number of rotatable bonds is 5. The van der Waals surface area contributed by atoms with Crippen LogP contribution < -0.4 is 15.4 Å². The minimum Gasteiger partial charge on any atom is -0.495 e. The molecule has 0 saturated carbocycles. The predicted molar refractivity (Wildman–Crippen MR) is 105 cm³/mol. The van der Waals surface area contributed by atoms with Crippen LogP contribution in [0.1, 0.15) is 16.7 Å². The van der Waals surface area contributed by atoms with Gasteiger partial charge in [-0.25, -0.2) is 0 Å². The topological polar surface area (TPSA) is 72.0 Å². The molecule has 26 heavy (non-hydrogen) atoms. The van der Waals surface area contributed by atoms with Crippen LogP contribution in [-0.2, 0) is 0 Å². The number of nitrogens with one attached hydrogen (secondary N) is 2. The first-order valence-electron chi connectivity index (χ1n) is 8.11. The zero-order chi connectivity index (χ0) is 18.7. The van der Waals surface area contributed by atoms with Gasteiger partial charge in [0.25, 0.3) is 0 Å². The number of benzene rings is 2. The number of methoxy groups -OCH3 is 1. The van der Waals surface area contributed by atoms with Crippen molar-refractivity contribution in [2.45, 2.75) is 20.8 Å². The lowest BCUT2D eigenvalue weighted by Crippen LogP contribution is -2.05. The highest BCUT2D eigenvalue weighted by molar-refractivity contribution is 6.31. The number of hydrogen-bond acceptors (Lipinski definition) is 6. The van der Waals surface area contributed by atoms with Crippen LogP contribution in [0, 0.1) is 20.8 Å². The van der Waals surface area contributed by atoms with E-state index in [1.165, 1.54) is 5.56 Å². The van der Waals surface area contributed by atoms with Gasteiger partial charge in [-0.3, -0.25) is 0 Å². The summed E-state index contributed by atoms with van der Waals surface area (Å²) in [5, 5.41) is 15.1. The van der Waals surface area contributed by atoms with Crippen LogP contribution in [0.2, 0.25) is 5.02 Å². The van der Waals surface area contributed by atoms with Crippen molar-refractivity contribution in [3.05, 3.63) is 58.2 Å². The van der Waals surface area contributed by atoms with E-state index < -0.39 is 0 Å². The molecule has 0 amide bonds. The van der Waals surface area contributed by atoms with Crippen molar-refractivity contribution in [1.29, 1.82) is 0 Å². The van der Waals surface area contributed by atoms with Gasteiger partial charge >= 0.3 is 0 Å². The van der Waals surface area contributed by atoms with Gasteiger partial charge in [-0.2, -0.15) is 10.1 Å². The van der Waals surface area contributed by atoms with E-state index in [9.17, 15) is 0 Å². The van der Waals surface area contributed by atoms with Crippen LogP contribution in [-0.4, -0.2) is 22.3 Å². The summed E-state index contributed by atoms with van der Waals surface area (Å²) in [5.74, 6) is 1.58. The molecule has 0 radical (unpaired) electrons. The van der Waals surface area contributed by atoms with E-state index in [0.29, 0.717) is 28.2 Å². The van der Waals surface area contributed by atoms with Gasteiger partial charge in [-0.05, 0) is 50.1 Å². The summed E-state index contributed by atoms with van der Waals surface area (Å²) >= 11 is 6.06. The Labute approximate surface area is 157 Å². The number of ether oxygens (including phenoxy) is 1. The fraction of sp³-hybridized carbons (Fsp3) is 0.211. The number of aryl methyl sites for hydroxylation is 3. The Kier molecular flexibility index (Phi) is 5.23. The van der Waals surface area contributed by atoms with Gasteiger partial charge < -0.3 is 15.4 Å². The predicted octanol–water partition coefficient (Wildman–Crippen LogP) is 4.95. The minimum atomic E-state index is 0.345. The van der Waals surface area contributed by atoms with Gasteiger partial charge in [0.2, 0.25) is 5.95 Å². The molecule has 3 aromatic rings. The van der Waals surface area contributed by atoms with Crippen LogP contribution in [0.25, 0.3) is 0 Å². The van der Waals surface area contributed by atoms with Crippen LogP contribution in [0.3, 0.4) is 0 Å². The first-order valence-corrected chi connectivity index (χ1v) is 8.49. The molecule has 2 aromatic carbocycles. The second kappa shape index (κ2) is 7.58. The van der Waals surface area contributed by atoms with Crippen LogP contribution >= 0.6 is 11.6 Å². The molecule has 0 saturated heterocycles. The molecule has 0 bridgehead atoms. The zero-order valence-electron chi connectivity index (χ0n) is 15.1. The summed E-state index contributed by atoms with van der Waals surface area (Å²) in [6.45, 7) is 6.20. The molecule has 1 aromatic heterocycles. The van der Waals surface area contributed by atoms with Crippen molar-refractivity contribution in [3.8, 4) is 5.75 Å². The molecular formula is C19H20ClN5O. The largest absolute Gasteiger partial charge is 0.495 e. The SMILES string of the molecule is COc1ccc(Cl)cc1Nc1nncc(Nc2c(C)cc(C)cc2C)n1. The summed E-state index contributed by atoms with van der Waals surface area (Å²) in [7, 11) is 1.59. The highest BCUT2D eigenvalue weighted by Gasteiger charge is 2.09. The number of anilines is 4. The molecular weight excluding hydrogens is 350 g/mol. The highest BCUT2D eigenvalue weighted by atomic mass is 35.5. The maximum Gasteiger partial charge on any atom is 0.249 e. The third kappa shape index (κ3) is 4.03. The molecule has 6 nitrogen and oxygen atoms in total. The third-order valence-electron chi connectivity index (χ3n) is 3.90. The van der Waals surface area contributed by atoms with Gasteiger partial charge in [0.05, 0.1) is 19.0 Å². The molecule has 0 aliphatic rings. The molecule has 1 heterocycles. The molecule has 0 spiro atoms. The first kappa shape index (κ1) is 17.9. The fourth-order valence-corrected chi connectivity index (χ4v) is 2.99. The second-order valence-electron chi connectivity index (χ2n) is 6.03. The molecule has 2 N–H and O–H groups in total. The van der Waals surface area contributed by atoms with E-state index in [1.54, 1.807) is 31.5 Å². The molecule has 0 unspecified atom stereocenters. The van der Waals surface area contributed by atoms with Gasteiger partial charge in [0.1, 0.15) is 5.75 Å². The highest BCUT2D eigenvalue weighted by Crippen LogP contribution is 2.30. The Hall–Kier alpha value is -2.86. The molecule has 0 aliphatic carbocycles. The lowest BCUT2D eigenvalue weighted by atomic mass is 10.1. The van der Waals surface area contributed by atoms with Gasteiger partial charge in [-0.1, -0.05) is 29.3 Å². The van der Waals surface area contributed by atoms with E-state index >= 15 is 0 Å². The lowest BCUT2D eigenvalue weighted by molar-refractivity contribution is 0.417. The zero-order valence-corrected chi connectivity index (χ0v) is 15.8. The Morgan fingerprint density at radius 2 is 1.73 bits per heavy atom. The quantitative estimate of drug-likeness (QED) is 0.663. The number of hydrogen-bond donors (Lipinski definition) is 2. The Morgan fingerprint density at radius 1 is 1.00 bits per heavy atom. The minimum absolute atomic E-state index is 0.345. The van der Waals surface area contributed by atoms with E-state index in [4.69, 9.17) is 16.3 Å². The fourth-order valence-electron chi connectivity index (χ4n) is 2.82. The van der Waals surface area contributed by atoms with E-state index in [-0.39, 0.29) is 0 Å². The maximum absolute atomic E-state index is 6.06. The standard InChI is InChI=1S/C19H20ClN5O/c1-11-7-12(2)18(13(3)8-11)23-17-10-21-25-19(24-17)22-15-9-14(20)5-6-16(15)26-4/h5-10H,1-4H3,(H2,22,23,24,25). The molecule has 134 valence electrons. The van der Waals surface area contributed by atoms with Crippen molar-refractivity contribution < 1.29 is 4.74 Å². The van der Waals surface area contributed by atoms with E-state index in [1.807, 2.05) is 0 Å². The summed E-state index contributed by atoms with van der Waals surface area (Å²) in [4.78, 5) is 4.48. The van der Waals surface area contributed by atoms with Gasteiger partial charge in [-0.15, -0.1) is 5.10 Å². The maximum atomic E-state index is 6.06. The average Bonchev–Trinajstić information content (AvgIpc) is 2.59. The first-order chi connectivity index (χ1) is 12.5. The number of aromatic nitrogens is 3. The molecule has 0 aliphatic heterocycles. The van der Waals surface area contributed by atoms with Crippen molar-refractivity contribution in [1.82, 2.24) is 15.2 Å². The van der Waals surface area contributed by atoms with Crippen LogP contribution in [0.4, 0.5) is 23.1 Å². The number of nitrogens with zero attached hydrogens (tertiary/aromatic N) is 3. The Morgan fingerprint density at radius 3 is 2.42 bits per heavy atom. The normalized spacial score (nSPS) is 10.5. The summed E-state index contributed by atoms with van der Waals surface area (Å²) in [6.07, 6.45) is 1.58. The smallest absolute Gasteiger partial charge is 0.249 e. The van der Waals surface area contributed by atoms with Gasteiger partial charge in [0.15, 0.2) is 5.82 Å². The van der Waals surface area contributed by atoms with Crippen LogP contribution in [0.15, 0.2) is 36.5 Å². The number of halogens is 1. The second-order valence-corrected chi connectivity index (χ2v) is 6.47. The van der Waals surface area contributed by atoms with Crippen molar-refractivity contribution in [2.24, 2.45) is 0 Å². The van der Waals surface area contributed by atoms with Crippen molar-refractivity contribution >= 4 is 34.7 Å². The molecule has 0 atom stereocenters. The average molecular weight is 370 g/mol. The van der Waals surface area contributed by atoms with E-state index in [2.05, 4.69) is 58.7 Å². The Bertz CT molecular complexity index is 922. The van der Waals surface area contributed by atoms with Crippen LogP contribution in [0.5, 0.6) is 5.75 Å². The third-order valence-corrected chi connectivity index (χ3v) is 4.13. The monoisotopic (exact) mass is 369 g/mol. The Balaban J connectivity index is 1.87. The van der Waals surface area contributed by atoms with E-state index in [0.717, 1.165) is 16.8 Å². The molecule has 3 rings (SSSR count). The summed E-state index contributed by atoms with van der Waals surface area (Å²) < 4.78 is 5.33. The summed E-state index contributed by atoms with van der Waals surface area (Å²) in [6, 6.07) is 9.53. The van der Waals surface area contributed by atoms with Crippen molar-refractivity contribution in [2.75, 3.05) is 17.7 Å². The van der Waals surface area contributed by atoms with Crippen molar-refractivity contribution in [3.63, 3.8) is 0 Å². The molecule has 7 heteroatoms. The lowest BCUT2D eigenvalue weighted by Gasteiger charge is -2.14. The van der Waals surface area contributed by atoms with Gasteiger partial charge in [0, 0.05) is 10.7 Å².